The third-order valence-corrected chi connectivity index (χ3v) is 3.75. The van der Waals surface area contributed by atoms with Gasteiger partial charge < -0.3 is 4.90 Å². The molecule has 0 aromatic heterocycles. The first kappa shape index (κ1) is 13.6. The molecule has 0 saturated heterocycles. The highest BCUT2D eigenvalue weighted by molar-refractivity contribution is 9.09. The molecule has 18 heavy (non-hydrogen) atoms. The zero-order valence-electron chi connectivity index (χ0n) is 11.0. The Balaban J connectivity index is 2.11. The van der Waals surface area contributed by atoms with Gasteiger partial charge in [-0.05, 0) is 36.5 Å². The summed E-state index contributed by atoms with van der Waals surface area (Å²) in [4.78, 5) is 14.4. The van der Waals surface area contributed by atoms with Crippen LogP contribution in [-0.2, 0) is 0 Å². The Kier molecular flexibility index (Phi) is 4.44. The van der Waals surface area contributed by atoms with Gasteiger partial charge >= 0.3 is 0 Å². The molecule has 1 aliphatic rings. The van der Waals surface area contributed by atoms with E-state index in [0.29, 0.717) is 12.0 Å². The van der Waals surface area contributed by atoms with E-state index in [1.165, 1.54) is 5.56 Å². The van der Waals surface area contributed by atoms with E-state index in [1.54, 1.807) is 0 Å². The highest BCUT2D eigenvalue weighted by Crippen LogP contribution is 2.28. The van der Waals surface area contributed by atoms with Gasteiger partial charge in [0.1, 0.15) is 0 Å². The van der Waals surface area contributed by atoms with E-state index in [-0.39, 0.29) is 5.91 Å². The largest absolute Gasteiger partial charge is 0.335 e. The number of nitrogens with zero attached hydrogens (tertiary/aromatic N) is 1. The van der Waals surface area contributed by atoms with Crippen LogP contribution in [0.5, 0.6) is 0 Å². The molecule has 0 spiro atoms. The average Bonchev–Trinajstić information content (AvgIpc) is 3.19. The lowest BCUT2D eigenvalue weighted by atomic mass is 10.0. The first-order valence-corrected chi connectivity index (χ1v) is 7.72. The summed E-state index contributed by atoms with van der Waals surface area (Å²) in [6, 6.07) is 8.52. The molecule has 1 aromatic rings. The van der Waals surface area contributed by atoms with Crippen LogP contribution in [0, 0.1) is 0 Å². The summed E-state index contributed by atoms with van der Waals surface area (Å²) < 4.78 is 0. The maximum absolute atomic E-state index is 12.4. The van der Waals surface area contributed by atoms with Gasteiger partial charge in [0.05, 0.1) is 0 Å². The maximum atomic E-state index is 12.4. The van der Waals surface area contributed by atoms with Gasteiger partial charge in [-0.15, -0.1) is 0 Å². The number of hydrogen-bond donors (Lipinski definition) is 0. The lowest BCUT2D eigenvalue weighted by Crippen LogP contribution is -2.34. The van der Waals surface area contributed by atoms with Crippen LogP contribution in [0.25, 0.3) is 0 Å². The van der Waals surface area contributed by atoms with E-state index in [4.69, 9.17) is 0 Å². The molecule has 98 valence electrons. The quantitative estimate of drug-likeness (QED) is 0.757. The molecule has 3 heteroatoms. The van der Waals surface area contributed by atoms with Gasteiger partial charge in [-0.25, -0.2) is 0 Å². The lowest BCUT2D eigenvalue weighted by molar-refractivity contribution is 0.0754. The van der Waals surface area contributed by atoms with Crippen molar-refractivity contribution in [3.8, 4) is 0 Å². The van der Waals surface area contributed by atoms with Crippen molar-refractivity contribution < 1.29 is 4.79 Å². The molecule has 1 aliphatic carbocycles. The van der Waals surface area contributed by atoms with Crippen molar-refractivity contribution in [1.29, 1.82) is 0 Å². The van der Waals surface area contributed by atoms with Gasteiger partial charge in [0.2, 0.25) is 0 Å². The first-order chi connectivity index (χ1) is 8.63. The van der Waals surface area contributed by atoms with Crippen molar-refractivity contribution >= 4 is 21.8 Å². The second-order valence-electron chi connectivity index (χ2n) is 5.20. The van der Waals surface area contributed by atoms with Gasteiger partial charge in [-0.3, -0.25) is 4.79 Å². The van der Waals surface area contributed by atoms with E-state index in [9.17, 15) is 4.79 Å². The number of hydrogen-bond acceptors (Lipinski definition) is 1. The molecule has 0 heterocycles. The zero-order valence-corrected chi connectivity index (χ0v) is 12.6. The fourth-order valence-corrected chi connectivity index (χ4v) is 2.49. The molecule has 2 rings (SSSR count). The minimum absolute atomic E-state index is 0.173. The molecule has 2 nitrogen and oxygen atoms in total. The predicted octanol–water partition coefficient (Wildman–Crippen LogP) is 3.81. The van der Waals surface area contributed by atoms with E-state index in [2.05, 4.69) is 41.9 Å². The average molecular weight is 310 g/mol. The van der Waals surface area contributed by atoms with Crippen molar-refractivity contribution in [2.24, 2.45) is 0 Å². The Bertz CT molecular complexity index is 409. The monoisotopic (exact) mass is 309 g/mol. The summed E-state index contributed by atoms with van der Waals surface area (Å²) in [6.45, 7) is 5.13. The number of rotatable bonds is 5. The van der Waals surface area contributed by atoms with Crippen molar-refractivity contribution in [2.45, 2.75) is 38.6 Å². The summed E-state index contributed by atoms with van der Waals surface area (Å²) in [5, 5.41) is 0.847. The molecule has 0 radical (unpaired) electrons. The second kappa shape index (κ2) is 5.87. The molecule has 0 atom stereocenters. The van der Waals surface area contributed by atoms with Gasteiger partial charge in [0.15, 0.2) is 0 Å². The third-order valence-electron chi connectivity index (χ3n) is 3.40. The molecule has 1 amide bonds. The van der Waals surface area contributed by atoms with E-state index >= 15 is 0 Å². The molecular weight excluding hydrogens is 290 g/mol. The standard InChI is InChI=1S/C15H20BrNO/c1-11(2)12-3-5-13(6-4-12)15(18)17(10-9-16)14-7-8-14/h3-6,11,14H,7-10H2,1-2H3. The summed E-state index contributed by atoms with van der Waals surface area (Å²) >= 11 is 3.42. The topological polar surface area (TPSA) is 20.3 Å². The number of carbonyl (C=O) groups excluding carboxylic acids is 1. The lowest BCUT2D eigenvalue weighted by Gasteiger charge is -2.21. The van der Waals surface area contributed by atoms with E-state index < -0.39 is 0 Å². The Labute approximate surface area is 117 Å². The van der Waals surface area contributed by atoms with Crippen molar-refractivity contribution in [1.82, 2.24) is 4.90 Å². The van der Waals surface area contributed by atoms with Gasteiger partial charge in [0.25, 0.3) is 5.91 Å². The van der Waals surface area contributed by atoms with Gasteiger partial charge in [-0.1, -0.05) is 41.9 Å². The summed E-state index contributed by atoms with van der Waals surface area (Å²) in [5.41, 5.74) is 2.09. The molecule has 1 fully saturated rings. The molecule has 0 bridgehead atoms. The minimum Gasteiger partial charge on any atom is -0.335 e. The van der Waals surface area contributed by atoms with Crippen LogP contribution >= 0.6 is 15.9 Å². The van der Waals surface area contributed by atoms with Crippen molar-refractivity contribution in [3.05, 3.63) is 35.4 Å². The van der Waals surface area contributed by atoms with Crippen LogP contribution in [0.3, 0.4) is 0 Å². The predicted molar refractivity (Wildman–Crippen MR) is 78.4 cm³/mol. The maximum Gasteiger partial charge on any atom is 0.254 e. The Morgan fingerprint density at radius 3 is 2.39 bits per heavy atom. The van der Waals surface area contributed by atoms with Crippen molar-refractivity contribution in [2.75, 3.05) is 11.9 Å². The molecule has 0 unspecified atom stereocenters. The number of alkyl halides is 1. The Morgan fingerprint density at radius 2 is 1.94 bits per heavy atom. The van der Waals surface area contributed by atoms with Crippen LogP contribution < -0.4 is 0 Å². The van der Waals surface area contributed by atoms with Crippen LogP contribution in [0.15, 0.2) is 24.3 Å². The fraction of sp³-hybridized carbons (Fsp3) is 0.533. The van der Waals surface area contributed by atoms with Crippen LogP contribution in [-0.4, -0.2) is 28.7 Å². The summed E-state index contributed by atoms with van der Waals surface area (Å²) in [6.07, 6.45) is 2.31. The van der Waals surface area contributed by atoms with Gasteiger partial charge in [0, 0.05) is 23.5 Å². The number of halogens is 1. The minimum atomic E-state index is 0.173. The summed E-state index contributed by atoms with van der Waals surface area (Å²) in [7, 11) is 0. The number of amides is 1. The fourth-order valence-electron chi connectivity index (χ4n) is 2.10. The normalized spacial score (nSPS) is 14.9. The molecular formula is C15H20BrNO. The molecule has 1 saturated carbocycles. The van der Waals surface area contributed by atoms with Crippen LogP contribution in [0.4, 0.5) is 0 Å². The van der Waals surface area contributed by atoms with Crippen LogP contribution in [0.1, 0.15) is 48.5 Å². The zero-order chi connectivity index (χ0) is 13.1. The smallest absolute Gasteiger partial charge is 0.254 e. The Morgan fingerprint density at radius 1 is 1.33 bits per heavy atom. The van der Waals surface area contributed by atoms with Crippen molar-refractivity contribution in [3.63, 3.8) is 0 Å². The first-order valence-electron chi connectivity index (χ1n) is 6.60. The van der Waals surface area contributed by atoms with E-state index in [1.807, 2.05) is 17.0 Å². The Hall–Kier alpha value is -0.830. The highest BCUT2D eigenvalue weighted by atomic mass is 79.9. The SMILES string of the molecule is CC(C)c1ccc(C(=O)N(CCBr)C2CC2)cc1. The third kappa shape index (κ3) is 3.14. The second-order valence-corrected chi connectivity index (χ2v) is 5.99. The molecule has 0 aliphatic heterocycles. The van der Waals surface area contributed by atoms with Gasteiger partial charge in [-0.2, -0.15) is 0 Å². The van der Waals surface area contributed by atoms with E-state index in [0.717, 1.165) is 30.3 Å². The molecule has 0 N–H and O–H groups in total. The highest BCUT2D eigenvalue weighted by Gasteiger charge is 2.32. The molecule has 1 aromatic carbocycles. The number of carbonyl (C=O) groups is 1. The summed E-state index contributed by atoms with van der Waals surface area (Å²) in [5.74, 6) is 0.684. The van der Waals surface area contributed by atoms with Crippen LogP contribution in [0.2, 0.25) is 0 Å². The number of benzene rings is 1.